The Kier molecular flexibility index (Phi) is 5.13. The normalized spacial score (nSPS) is 12.0. The fourth-order valence-corrected chi connectivity index (χ4v) is 1.88. The average Bonchev–Trinajstić information content (AvgIpc) is 2.93. The molecule has 0 unspecified atom stereocenters. The van der Waals surface area contributed by atoms with Gasteiger partial charge >= 0.3 is 6.03 Å². The molecular weight excluding hydrogens is 294 g/mol. The van der Waals surface area contributed by atoms with Gasteiger partial charge in [0.05, 0.1) is 17.7 Å². The average molecular weight is 310 g/mol. The second kappa shape index (κ2) is 7.05. The van der Waals surface area contributed by atoms with E-state index in [9.17, 15) is 4.79 Å². The number of hydrogen-bond acceptors (Lipinski definition) is 4. The van der Waals surface area contributed by atoms with Crippen LogP contribution in [0.25, 0.3) is 5.82 Å². The predicted octanol–water partition coefficient (Wildman–Crippen LogP) is 1.81. The number of pyridine rings is 1. The summed E-state index contributed by atoms with van der Waals surface area (Å²) in [5.41, 5.74) is 0. The molecule has 3 N–H and O–H groups in total. The number of anilines is 1. The number of urea groups is 1. The summed E-state index contributed by atoms with van der Waals surface area (Å²) in [6.07, 6.45) is 3.89. The van der Waals surface area contributed by atoms with Crippen LogP contribution in [0, 0.1) is 0 Å². The minimum atomic E-state index is -0.423. The second-order valence-electron chi connectivity index (χ2n) is 4.34. The smallest absolute Gasteiger partial charge is 0.320 e. The maximum atomic E-state index is 11.7. The minimum absolute atomic E-state index is 0.109. The van der Waals surface area contributed by atoms with E-state index in [1.165, 1.54) is 4.68 Å². The first-order valence-electron chi connectivity index (χ1n) is 6.49. The summed E-state index contributed by atoms with van der Waals surface area (Å²) in [6.45, 7) is 1.76. The lowest BCUT2D eigenvalue weighted by Crippen LogP contribution is -2.39. The van der Waals surface area contributed by atoms with Crippen LogP contribution in [0.15, 0.2) is 30.6 Å². The van der Waals surface area contributed by atoms with Crippen LogP contribution in [0.5, 0.6) is 0 Å². The van der Waals surface area contributed by atoms with Crippen LogP contribution in [0.4, 0.5) is 10.6 Å². The molecule has 2 amide bonds. The van der Waals surface area contributed by atoms with E-state index in [1.54, 1.807) is 30.6 Å². The number of halogens is 1. The quantitative estimate of drug-likeness (QED) is 0.785. The van der Waals surface area contributed by atoms with Gasteiger partial charge in [-0.05, 0) is 18.6 Å². The third-order valence-corrected chi connectivity index (χ3v) is 3.13. The van der Waals surface area contributed by atoms with E-state index in [4.69, 9.17) is 16.7 Å². The van der Waals surface area contributed by atoms with Crippen molar-refractivity contribution < 1.29 is 9.90 Å². The van der Waals surface area contributed by atoms with E-state index >= 15 is 0 Å². The predicted molar refractivity (Wildman–Crippen MR) is 79.7 cm³/mol. The zero-order chi connectivity index (χ0) is 15.2. The Hall–Kier alpha value is -2.12. The van der Waals surface area contributed by atoms with Crippen molar-refractivity contribution in [3.63, 3.8) is 0 Å². The SMILES string of the molecule is CC[C@@H](CO)NC(=O)Nc1ccn(-c2ncccc2Cl)n1. The number of nitrogens with one attached hydrogen (secondary N) is 2. The summed E-state index contributed by atoms with van der Waals surface area (Å²) in [6, 6.07) is 4.36. The Balaban J connectivity index is 2.04. The largest absolute Gasteiger partial charge is 0.394 e. The zero-order valence-corrected chi connectivity index (χ0v) is 12.2. The third kappa shape index (κ3) is 3.93. The van der Waals surface area contributed by atoms with Gasteiger partial charge in [0.15, 0.2) is 11.6 Å². The Morgan fingerprint density at radius 2 is 2.33 bits per heavy atom. The van der Waals surface area contributed by atoms with Crippen molar-refractivity contribution in [2.75, 3.05) is 11.9 Å². The molecule has 21 heavy (non-hydrogen) atoms. The van der Waals surface area contributed by atoms with Gasteiger partial charge in [-0.2, -0.15) is 0 Å². The number of rotatable bonds is 5. The Bertz CT molecular complexity index is 612. The number of aliphatic hydroxyl groups excluding tert-OH is 1. The van der Waals surface area contributed by atoms with Gasteiger partial charge in [-0.25, -0.2) is 14.5 Å². The van der Waals surface area contributed by atoms with Crippen molar-refractivity contribution >= 4 is 23.4 Å². The van der Waals surface area contributed by atoms with Crippen LogP contribution in [-0.4, -0.2) is 38.6 Å². The van der Waals surface area contributed by atoms with Gasteiger partial charge in [-0.3, -0.25) is 5.32 Å². The molecule has 2 heterocycles. The van der Waals surface area contributed by atoms with Gasteiger partial charge < -0.3 is 10.4 Å². The second-order valence-corrected chi connectivity index (χ2v) is 4.75. The number of carbonyl (C=O) groups is 1. The van der Waals surface area contributed by atoms with Crippen molar-refractivity contribution in [3.05, 3.63) is 35.6 Å². The number of carbonyl (C=O) groups excluding carboxylic acids is 1. The highest BCUT2D eigenvalue weighted by molar-refractivity contribution is 6.32. The molecule has 0 aliphatic rings. The van der Waals surface area contributed by atoms with Crippen LogP contribution in [0.2, 0.25) is 5.02 Å². The number of aromatic nitrogens is 3. The van der Waals surface area contributed by atoms with Crippen LogP contribution < -0.4 is 10.6 Å². The first kappa shape index (κ1) is 15.3. The van der Waals surface area contributed by atoms with Gasteiger partial charge in [0, 0.05) is 18.5 Å². The lowest BCUT2D eigenvalue weighted by Gasteiger charge is -2.13. The molecule has 2 aromatic heterocycles. The maximum absolute atomic E-state index is 11.7. The summed E-state index contributed by atoms with van der Waals surface area (Å²) in [7, 11) is 0. The first-order chi connectivity index (χ1) is 10.1. The summed E-state index contributed by atoms with van der Waals surface area (Å²) in [5, 5.41) is 18.9. The van der Waals surface area contributed by atoms with Crippen LogP contribution >= 0.6 is 11.6 Å². The maximum Gasteiger partial charge on any atom is 0.320 e. The molecule has 0 aliphatic heterocycles. The van der Waals surface area contributed by atoms with Gasteiger partial charge in [-0.15, -0.1) is 5.10 Å². The van der Waals surface area contributed by atoms with E-state index in [1.807, 2.05) is 6.92 Å². The zero-order valence-electron chi connectivity index (χ0n) is 11.5. The van der Waals surface area contributed by atoms with E-state index < -0.39 is 6.03 Å². The molecule has 0 aliphatic carbocycles. The minimum Gasteiger partial charge on any atom is -0.394 e. The molecule has 8 heteroatoms. The standard InChI is InChI=1S/C13H16ClN5O2/c1-2-9(8-20)16-13(21)17-11-5-7-19(18-11)12-10(14)4-3-6-15-12/h3-7,9,20H,2,8H2,1H3,(H2,16,17,18,21)/t9-/m0/s1. The molecular formula is C13H16ClN5O2. The Morgan fingerprint density at radius 1 is 1.52 bits per heavy atom. The number of hydrogen-bond donors (Lipinski definition) is 3. The Morgan fingerprint density at radius 3 is 3.00 bits per heavy atom. The highest BCUT2D eigenvalue weighted by Gasteiger charge is 2.11. The van der Waals surface area contributed by atoms with Crippen molar-refractivity contribution in [3.8, 4) is 5.82 Å². The van der Waals surface area contributed by atoms with Crippen molar-refractivity contribution in [1.82, 2.24) is 20.1 Å². The van der Waals surface area contributed by atoms with Crippen LogP contribution in [0.3, 0.4) is 0 Å². The van der Waals surface area contributed by atoms with E-state index in [0.717, 1.165) is 0 Å². The van der Waals surface area contributed by atoms with Crippen molar-refractivity contribution in [2.45, 2.75) is 19.4 Å². The van der Waals surface area contributed by atoms with Gasteiger partial charge in [0.2, 0.25) is 0 Å². The monoisotopic (exact) mass is 309 g/mol. The van der Waals surface area contributed by atoms with Gasteiger partial charge in [0.25, 0.3) is 0 Å². The van der Waals surface area contributed by atoms with Crippen molar-refractivity contribution in [1.29, 1.82) is 0 Å². The number of amides is 2. The highest BCUT2D eigenvalue weighted by atomic mass is 35.5. The molecule has 0 saturated carbocycles. The van der Waals surface area contributed by atoms with Crippen LogP contribution in [-0.2, 0) is 0 Å². The molecule has 112 valence electrons. The molecule has 2 rings (SSSR count). The fraction of sp³-hybridized carbons (Fsp3) is 0.308. The third-order valence-electron chi connectivity index (χ3n) is 2.84. The Labute approximate surface area is 126 Å². The first-order valence-corrected chi connectivity index (χ1v) is 6.86. The molecule has 0 aromatic carbocycles. The molecule has 0 radical (unpaired) electrons. The van der Waals surface area contributed by atoms with Crippen LogP contribution in [0.1, 0.15) is 13.3 Å². The fourth-order valence-electron chi connectivity index (χ4n) is 1.67. The van der Waals surface area contributed by atoms with Gasteiger partial charge in [-0.1, -0.05) is 18.5 Å². The van der Waals surface area contributed by atoms with E-state index in [2.05, 4.69) is 20.7 Å². The molecule has 0 fully saturated rings. The van der Waals surface area contributed by atoms with Crippen molar-refractivity contribution in [2.24, 2.45) is 0 Å². The lowest BCUT2D eigenvalue weighted by atomic mass is 10.2. The summed E-state index contributed by atoms with van der Waals surface area (Å²) >= 11 is 6.03. The summed E-state index contributed by atoms with van der Waals surface area (Å²) in [4.78, 5) is 15.9. The molecule has 0 spiro atoms. The van der Waals surface area contributed by atoms with E-state index in [0.29, 0.717) is 23.1 Å². The molecule has 2 aromatic rings. The highest BCUT2D eigenvalue weighted by Crippen LogP contribution is 2.17. The summed E-state index contributed by atoms with van der Waals surface area (Å²) < 4.78 is 1.47. The molecule has 0 bridgehead atoms. The van der Waals surface area contributed by atoms with Gasteiger partial charge in [0.1, 0.15) is 0 Å². The molecule has 1 atom stereocenters. The molecule has 7 nitrogen and oxygen atoms in total. The topological polar surface area (TPSA) is 92.1 Å². The molecule has 0 saturated heterocycles. The van der Waals surface area contributed by atoms with E-state index in [-0.39, 0.29) is 12.6 Å². The summed E-state index contributed by atoms with van der Waals surface area (Å²) in [5.74, 6) is 0.844. The number of aliphatic hydroxyl groups is 1. The lowest BCUT2D eigenvalue weighted by molar-refractivity contribution is 0.222. The number of nitrogens with zero attached hydrogens (tertiary/aromatic N) is 3.